The van der Waals surface area contributed by atoms with Crippen molar-refractivity contribution in [2.45, 2.75) is 13.3 Å². The largest absolute Gasteiger partial charge is 0.385 e. The van der Waals surface area contributed by atoms with Crippen LogP contribution in [0.25, 0.3) is 11.3 Å². The molecular weight excluding hydrogens is 282 g/mol. The minimum absolute atomic E-state index is 0.202. The first-order valence-electron chi connectivity index (χ1n) is 7.05. The molecule has 0 fully saturated rings. The van der Waals surface area contributed by atoms with E-state index in [1.54, 1.807) is 13.2 Å². The Morgan fingerprint density at radius 2 is 2.05 bits per heavy atom. The summed E-state index contributed by atoms with van der Waals surface area (Å²) >= 11 is 0. The number of aromatic amines is 1. The average Bonchev–Trinajstić information content (AvgIpc) is 2.51. The Kier molecular flexibility index (Phi) is 5.43. The lowest BCUT2D eigenvalue weighted by Crippen LogP contribution is -2.28. The van der Waals surface area contributed by atoms with Crippen LogP contribution in [0.4, 0.5) is 0 Å². The molecule has 0 aliphatic rings. The first-order chi connectivity index (χ1) is 10.6. The molecule has 0 aliphatic heterocycles. The fourth-order valence-corrected chi connectivity index (χ4v) is 1.97. The molecular formula is C16H19N3O3. The van der Waals surface area contributed by atoms with Crippen molar-refractivity contribution in [2.24, 2.45) is 0 Å². The summed E-state index contributed by atoms with van der Waals surface area (Å²) in [6, 6.07) is 9.19. The number of hydrogen-bond donors (Lipinski definition) is 2. The standard InChI is InChI=1S/C16H19N3O3/c1-11-4-6-12(7-5-11)13-10-14(19-16(21)18-13)15(20)17-8-3-9-22-2/h4-7,10H,3,8-9H2,1-2H3,(H,17,20)(H,18,19,21). The van der Waals surface area contributed by atoms with E-state index in [1.165, 1.54) is 0 Å². The molecule has 0 saturated heterocycles. The van der Waals surface area contributed by atoms with Crippen molar-refractivity contribution in [2.75, 3.05) is 20.3 Å². The summed E-state index contributed by atoms with van der Waals surface area (Å²) in [4.78, 5) is 30.1. The molecule has 0 spiro atoms. The third kappa shape index (κ3) is 4.26. The van der Waals surface area contributed by atoms with E-state index in [0.717, 1.165) is 11.1 Å². The predicted molar refractivity (Wildman–Crippen MR) is 83.9 cm³/mol. The number of hydrogen-bond acceptors (Lipinski definition) is 4. The van der Waals surface area contributed by atoms with Gasteiger partial charge in [0.1, 0.15) is 5.69 Å². The number of nitrogens with one attached hydrogen (secondary N) is 2. The highest BCUT2D eigenvalue weighted by atomic mass is 16.5. The number of benzene rings is 1. The molecule has 0 atom stereocenters. The number of aromatic nitrogens is 2. The third-order valence-corrected chi connectivity index (χ3v) is 3.15. The highest BCUT2D eigenvalue weighted by molar-refractivity contribution is 5.93. The number of H-pyrrole nitrogens is 1. The first-order valence-corrected chi connectivity index (χ1v) is 7.05. The molecule has 1 amide bonds. The number of carbonyl (C=O) groups is 1. The second-order valence-electron chi connectivity index (χ2n) is 4.95. The summed E-state index contributed by atoms with van der Waals surface area (Å²) in [5.74, 6) is -0.330. The van der Waals surface area contributed by atoms with Gasteiger partial charge in [-0.05, 0) is 19.4 Å². The minimum Gasteiger partial charge on any atom is -0.385 e. The number of rotatable bonds is 6. The van der Waals surface area contributed by atoms with E-state index in [1.807, 2.05) is 31.2 Å². The number of aryl methyl sites for hydroxylation is 1. The maximum Gasteiger partial charge on any atom is 0.346 e. The fraction of sp³-hybridized carbons (Fsp3) is 0.312. The Hall–Kier alpha value is -2.47. The molecule has 0 aliphatic carbocycles. The van der Waals surface area contributed by atoms with Crippen LogP contribution in [0.3, 0.4) is 0 Å². The lowest BCUT2D eigenvalue weighted by Gasteiger charge is -2.06. The van der Waals surface area contributed by atoms with Crippen molar-refractivity contribution in [3.63, 3.8) is 0 Å². The number of ether oxygens (including phenoxy) is 1. The number of nitrogens with zero attached hydrogens (tertiary/aromatic N) is 1. The maximum atomic E-state index is 12.0. The van der Waals surface area contributed by atoms with Crippen LogP contribution < -0.4 is 11.0 Å². The zero-order valence-electron chi connectivity index (χ0n) is 12.7. The van der Waals surface area contributed by atoms with E-state index in [-0.39, 0.29) is 11.6 Å². The quantitative estimate of drug-likeness (QED) is 0.792. The molecule has 0 bridgehead atoms. The lowest BCUT2D eigenvalue weighted by molar-refractivity contribution is 0.0943. The third-order valence-electron chi connectivity index (χ3n) is 3.15. The van der Waals surface area contributed by atoms with Crippen LogP contribution in [0.5, 0.6) is 0 Å². The summed E-state index contributed by atoms with van der Waals surface area (Å²) < 4.78 is 4.92. The van der Waals surface area contributed by atoms with Gasteiger partial charge in [-0.25, -0.2) is 4.79 Å². The summed E-state index contributed by atoms with van der Waals surface area (Å²) in [6.45, 7) is 3.03. The van der Waals surface area contributed by atoms with Crippen LogP contribution in [0, 0.1) is 6.92 Å². The average molecular weight is 301 g/mol. The van der Waals surface area contributed by atoms with Gasteiger partial charge in [0, 0.05) is 25.8 Å². The van der Waals surface area contributed by atoms with Crippen LogP contribution in [-0.4, -0.2) is 36.1 Å². The van der Waals surface area contributed by atoms with Crippen molar-refractivity contribution in [3.05, 3.63) is 52.1 Å². The summed E-state index contributed by atoms with van der Waals surface area (Å²) in [5.41, 5.74) is 2.05. The predicted octanol–water partition coefficient (Wildman–Crippen LogP) is 1.51. The smallest absolute Gasteiger partial charge is 0.346 e. The zero-order chi connectivity index (χ0) is 15.9. The number of methoxy groups -OCH3 is 1. The Balaban J connectivity index is 2.18. The van der Waals surface area contributed by atoms with Gasteiger partial charge in [-0.15, -0.1) is 0 Å². The Morgan fingerprint density at radius 3 is 2.73 bits per heavy atom. The van der Waals surface area contributed by atoms with Crippen molar-refractivity contribution < 1.29 is 9.53 Å². The highest BCUT2D eigenvalue weighted by Gasteiger charge is 2.10. The Bertz CT molecular complexity index is 693. The Labute approximate surface area is 128 Å². The molecule has 0 unspecified atom stereocenters. The van der Waals surface area contributed by atoms with Crippen LogP contribution >= 0.6 is 0 Å². The number of amides is 1. The maximum absolute atomic E-state index is 12.0. The van der Waals surface area contributed by atoms with Gasteiger partial charge in [-0.2, -0.15) is 4.98 Å². The van der Waals surface area contributed by atoms with Gasteiger partial charge in [-0.1, -0.05) is 29.8 Å². The van der Waals surface area contributed by atoms with E-state index in [4.69, 9.17) is 4.74 Å². The van der Waals surface area contributed by atoms with Crippen molar-refractivity contribution >= 4 is 5.91 Å². The molecule has 1 aromatic carbocycles. The van der Waals surface area contributed by atoms with Crippen LogP contribution in [0.2, 0.25) is 0 Å². The van der Waals surface area contributed by atoms with Gasteiger partial charge in [0.15, 0.2) is 0 Å². The van der Waals surface area contributed by atoms with Crippen LogP contribution in [0.1, 0.15) is 22.5 Å². The summed E-state index contributed by atoms with van der Waals surface area (Å²) in [6.07, 6.45) is 0.711. The van der Waals surface area contributed by atoms with Crippen LogP contribution in [-0.2, 0) is 4.74 Å². The van der Waals surface area contributed by atoms with E-state index in [9.17, 15) is 9.59 Å². The van der Waals surface area contributed by atoms with Gasteiger partial charge >= 0.3 is 5.69 Å². The fourth-order valence-electron chi connectivity index (χ4n) is 1.97. The lowest BCUT2D eigenvalue weighted by atomic mass is 10.1. The van der Waals surface area contributed by atoms with Gasteiger partial charge in [0.2, 0.25) is 0 Å². The molecule has 6 heteroatoms. The van der Waals surface area contributed by atoms with Gasteiger partial charge in [0.25, 0.3) is 5.91 Å². The normalized spacial score (nSPS) is 10.5. The van der Waals surface area contributed by atoms with Gasteiger partial charge < -0.3 is 15.0 Å². The molecule has 22 heavy (non-hydrogen) atoms. The van der Waals surface area contributed by atoms with Gasteiger partial charge in [0.05, 0.1) is 5.69 Å². The molecule has 2 aromatic rings. The molecule has 0 radical (unpaired) electrons. The van der Waals surface area contributed by atoms with Crippen molar-refractivity contribution in [3.8, 4) is 11.3 Å². The summed E-state index contributed by atoms with van der Waals surface area (Å²) in [7, 11) is 1.61. The van der Waals surface area contributed by atoms with E-state index >= 15 is 0 Å². The number of carbonyl (C=O) groups excluding carboxylic acids is 1. The van der Waals surface area contributed by atoms with Gasteiger partial charge in [-0.3, -0.25) is 4.79 Å². The zero-order valence-corrected chi connectivity index (χ0v) is 12.7. The van der Waals surface area contributed by atoms with E-state index < -0.39 is 5.69 Å². The molecule has 6 nitrogen and oxygen atoms in total. The first kappa shape index (κ1) is 15.9. The van der Waals surface area contributed by atoms with E-state index in [2.05, 4.69) is 15.3 Å². The highest BCUT2D eigenvalue weighted by Crippen LogP contribution is 2.16. The Morgan fingerprint density at radius 1 is 1.32 bits per heavy atom. The SMILES string of the molecule is COCCCNC(=O)c1cc(-c2ccc(C)cc2)nc(=O)[nH]1. The molecule has 2 N–H and O–H groups in total. The van der Waals surface area contributed by atoms with Crippen molar-refractivity contribution in [1.29, 1.82) is 0 Å². The van der Waals surface area contributed by atoms with Crippen LogP contribution in [0.15, 0.2) is 35.1 Å². The molecule has 1 aromatic heterocycles. The van der Waals surface area contributed by atoms with E-state index in [0.29, 0.717) is 25.3 Å². The molecule has 0 saturated carbocycles. The molecule has 2 rings (SSSR count). The van der Waals surface area contributed by atoms with Crippen molar-refractivity contribution in [1.82, 2.24) is 15.3 Å². The molecule has 116 valence electrons. The topological polar surface area (TPSA) is 84.1 Å². The summed E-state index contributed by atoms with van der Waals surface area (Å²) in [5, 5.41) is 2.73. The second kappa shape index (κ2) is 7.51. The molecule has 1 heterocycles. The minimum atomic E-state index is -0.542. The monoisotopic (exact) mass is 301 g/mol. The second-order valence-corrected chi connectivity index (χ2v) is 4.95.